The summed E-state index contributed by atoms with van der Waals surface area (Å²) < 4.78 is 0.727. The van der Waals surface area contributed by atoms with Gasteiger partial charge in [0, 0.05) is 18.0 Å². The highest BCUT2D eigenvalue weighted by atomic mass is 35.5. The number of thiophene rings is 1. The minimum atomic E-state index is -0.895. The summed E-state index contributed by atoms with van der Waals surface area (Å²) in [5, 5.41) is 14.3. The van der Waals surface area contributed by atoms with Crippen LogP contribution < -0.4 is 10.6 Å². The lowest BCUT2D eigenvalue weighted by Crippen LogP contribution is -2.41. The molecule has 2 amide bonds. The Labute approximate surface area is 127 Å². The van der Waals surface area contributed by atoms with E-state index in [1.54, 1.807) is 0 Å². The first-order valence-corrected chi connectivity index (χ1v) is 7.58. The second kappa shape index (κ2) is 8.11. The van der Waals surface area contributed by atoms with Crippen molar-refractivity contribution >= 4 is 34.9 Å². The molecule has 0 aliphatic heterocycles. The van der Waals surface area contributed by atoms with Crippen molar-refractivity contribution in [2.45, 2.75) is 20.3 Å². The molecule has 0 aliphatic rings. The lowest BCUT2D eigenvalue weighted by atomic mass is 9.96. The zero-order valence-electron chi connectivity index (χ0n) is 11.5. The van der Waals surface area contributed by atoms with Crippen molar-refractivity contribution in [3.8, 4) is 0 Å². The van der Waals surface area contributed by atoms with Crippen LogP contribution in [0.15, 0.2) is 12.1 Å². The van der Waals surface area contributed by atoms with Crippen LogP contribution in [0.4, 0.5) is 4.79 Å². The van der Waals surface area contributed by atoms with Gasteiger partial charge in [0.05, 0.1) is 10.3 Å². The number of carboxylic acid groups (broad SMARTS) is 1. The van der Waals surface area contributed by atoms with Gasteiger partial charge in [0.2, 0.25) is 0 Å². The molecule has 1 aromatic heterocycles. The number of carboxylic acids is 1. The summed E-state index contributed by atoms with van der Waals surface area (Å²) in [5.41, 5.74) is 0. The summed E-state index contributed by atoms with van der Waals surface area (Å²) in [6, 6.07) is 3.40. The molecule has 0 saturated carbocycles. The number of aliphatic carboxylic acids is 1. The average molecular weight is 319 g/mol. The molecule has 1 atom stereocenters. The Hall–Kier alpha value is -1.27. The number of urea groups is 1. The molecule has 1 rings (SSSR count). The van der Waals surface area contributed by atoms with E-state index < -0.39 is 11.9 Å². The minimum absolute atomic E-state index is 0.0268. The molecule has 1 heterocycles. The number of carbonyl (C=O) groups excluding carboxylic acids is 1. The Morgan fingerprint density at radius 2 is 2.05 bits per heavy atom. The molecule has 20 heavy (non-hydrogen) atoms. The second-order valence-electron chi connectivity index (χ2n) is 4.78. The van der Waals surface area contributed by atoms with Gasteiger partial charge >= 0.3 is 12.0 Å². The van der Waals surface area contributed by atoms with Crippen LogP contribution in [-0.2, 0) is 11.2 Å². The zero-order chi connectivity index (χ0) is 15.1. The molecule has 112 valence electrons. The molecule has 0 radical (unpaired) electrons. The maximum Gasteiger partial charge on any atom is 0.314 e. The van der Waals surface area contributed by atoms with Crippen molar-refractivity contribution in [3.63, 3.8) is 0 Å². The van der Waals surface area contributed by atoms with Gasteiger partial charge in [0.15, 0.2) is 0 Å². The van der Waals surface area contributed by atoms with E-state index in [1.165, 1.54) is 11.3 Å². The van der Waals surface area contributed by atoms with Crippen LogP contribution >= 0.6 is 22.9 Å². The highest BCUT2D eigenvalue weighted by Gasteiger charge is 2.21. The molecule has 0 aromatic carbocycles. The van der Waals surface area contributed by atoms with Crippen LogP contribution in [-0.4, -0.2) is 30.2 Å². The third kappa shape index (κ3) is 5.79. The molecule has 3 N–H and O–H groups in total. The van der Waals surface area contributed by atoms with E-state index in [-0.39, 0.29) is 18.5 Å². The highest BCUT2D eigenvalue weighted by molar-refractivity contribution is 7.16. The molecule has 0 aliphatic carbocycles. The fourth-order valence-electron chi connectivity index (χ4n) is 1.66. The van der Waals surface area contributed by atoms with Crippen molar-refractivity contribution in [1.82, 2.24) is 10.6 Å². The number of carbonyl (C=O) groups is 2. The summed E-state index contributed by atoms with van der Waals surface area (Å²) in [7, 11) is 0. The molecule has 5 nitrogen and oxygen atoms in total. The van der Waals surface area contributed by atoms with Crippen LogP contribution in [0.5, 0.6) is 0 Å². The SMILES string of the molecule is CC(C)C(CNC(=O)NCCc1ccc(Cl)s1)C(=O)O. The minimum Gasteiger partial charge on any atom is -0.481 e. The van der Waals surface area contributed by atoms with Crippen molar-refractivity contribution in [1.29, 1.82) is 0 Å². The van der Waals surface area contributed by atoms with Crippen LogP contribution in [0, 0.1) is 11.8 Å². The monoisotopic (exact) mass is 318 g/mol. The van der Waals surface area contributed by atoms with Crippen molar-refractivity contribution in [2.24, 2.45) is 11.8 Å². The first-order valence-electron chi connectivity index (χ1n) is 6.39. The first kappa shape index (κ1) is 16.8. The normalized spacial score (nSPS) is 12.2. The Morgan fingerprint density at radius 3 is 2.55 bits per heavy atom. The molecule has 0 spiro atoms. The number of hydrogen-bond acceptors (Lipinski definition) is 3. The smallest absolute Gasteiger partial charge is 0.314 e. The summed E-state index contributed by atoms with van der Waals surface area (Å²) in [6.07, 6.45) is 0.706. The molecular weight excluding hydrogens is 300 g/mol. The molecule has 1 aromatic rings. The topological polar surface area (TPSA) is 78.4 Å². The highest BCUT2D eigenvalue weighted by Crippen LogP contribution is 2.21. The van der Waals surface area contributed by atoms with Crippen molar-refractivity contribution in [3.05, 3.63) is 21.3 Å². The van der Waals surface area contributed by atoms with E-state index in [9.17, 15) is 9.59 Å². The van der Waals surface area contributed by atoms with Crippen LogP contribution in [0.3, 0.4) is 0 Å². The quantitative estimate of drug-likeness (QED) is 0.723. The van der Waals surface area contributed by atoms with E-state index in [4.69, 9.17) is 16.7 Å². The van der Waals surface area contributed by atoms with E-state index in [0.717, 1.165) is 9.21 Å². The molecule has 0 saturated heterocycles. The van der Waals surface area contributed by atoms with Gasteiger partial charge in [-0.3, -0.25) is 4.79 Å². The van der Waals surface area contributed by atoms with Crippen molar-refractivity contribution in [2.75, 3.05) is 13.1 Å². The van der Waals surface area contributed by atoms with Gasteiger partial charge in [-0.2, -0.15) is 0 Å². The van der Waals surface area contributed by atoms with Crippen LogP contribution in [0.1, 0.15) is 18.7 Å². The van der Waals surface area contributed by atoms with E-state index >= 15 is 0 Å². The van der Waals surface area contributed by atoms with E-state index in [1.807, 2.05) is 26.0 Å². The lowest BCUT2D eigenvalue weighted by molar-refractivity contribution is -0.142. The van der Waals surface area contributed by atoms with Gasteiger partial charge < -0.3 is 15.7 Å². The maximum absolute atomic E-state index is 11.6. The average Bonchev–Trinajstić information content (AvgIpc) is 2.74. The number of hydrogen-bond donors (Lipinski definition) is 3. The number of rotatable bonds is 7. The standard InChI is InChI=1S/C13H19ClN2O3S/c1-8(2)10(12(17)18)7-16-13(19)15-6-5-9-3-4-11(14)20-9/h3-4,8,10H,5-7H2,1-2H3,(H,17,18)(H2,15,16,19). The van der Waals surface area contributed by atoms with Gasteiger partial charge in [-0.25, -0.2) is 4.79 Å². The molecule has 1 unspecified atom stereocenters. The number of halogens is 1. The lowest BCUT2D eigenvalue weighted by Gasteiger charge is -2.16. The Balaban J connectivity index is 2.24. The van der Waals surface area contributed by atoms with Gasteiger partial charge in [-0.15, -0.1) is 11.3 Å². The summed E-state index contributed by atoms with van der Waals surface area (Å²) >= 11 is 7.29. The van der Waals surface area contributed by atoms with Gasteiger partial charge in [-0.05, 0) is 24.5 Å². The number of amides is 2. The maximum atomic E-state index is 11.6. The van der Waals surface area contributed by atoms with E-state index in [2.05, 4.69) is 10.6 Å². The van der Waals surface area contributed by atoms with Crippen LogP contribution in [0.2, 0.25) is 4.34 Å². The van der Waals surface area contributed by atoms with Crippen molar-refractivity contribution < 1.29 is 14.7 Å². The van der Waals surface area contributed by atoms with Gasteiger partial charge in [-0.1, -0.05) is 25.4 Å². The fraction of sp³-hybridized carbons (Fsp3) is 0.538. The summed E-state index contributed by atoms with van der Waals surface area (Å²) in [4.78, 5) is 23.6. The summed E-state index contributed by atoms with van der Waals surface area (Å²) in [5.74, 6) is -1.49. The molecular formula is C13H19ClN2O3S. The van der Waals surface area contributed by atoms with Crippen LogP contribution in [0.25, 0.3) is 0 Å². The summed E-state index contributed by atoms with van der Waals surface area (Å²) in [6.45, 7) is 4.25. The Bertz CT molecular complexity index is 462. The fourth-order valence-corrected chi connectivity index (χ4v) is 2.75. The Morgan fingerprint density at radius 1 is 1.35 bits per heavy atom. The van der Waals surface area contributed by atoms with Gasteiger partial charge in [0.25, 0.3) is 0 Å². The largest absolute Gasteiger partial charge is 0.481 e. The Kier molecular flexibility index (Phi) is 6.81. The van der Waals surface area contributed by atoms with E-state index in [0.29, 0.717) is 13.0 Å². The molecule has 7 heteroatoms. The predicted molar refractivity (Wildman–Crippen MR) is 80.4 cm³/mol. The molecule has 0 fully saturated rings. The molecule has 0 bridgehead atoms. The van der Waals surface area contributed by atoms with Gasteiger partial charge in [0.1, 0.15) is 0 Å². The second-order valence-corrected chi connectivity index (χ2v) is 6.58. The number of nitrogens with one attached hydrogen (secondary N) is 2. The zero-order valence-corrected chi connectivity index (χ0v) is 13.1. The predicted octanol–water partition coefficient (Wildman–Crippen LogP) is 2.60. The third-order valence-corrected chi connectivity index (χ3v) is 4.18. The third-order valence-electron chi connectivity index (χ3n) is 2.89. The first-order chi connectivity index (χ1) is 9.40.